The minimum Gasteiger partial charge on any atom is -0.316 e. The SMILES string of the molecule is CCC1(C2CC2)CCNCC1c1cccc(Br)c1. The Kier molecular flexibility index (Phi) is 3.50. The molecule has 0 aromatic heterocycles. The number of hydrogen-bond acceptors (Lipinski definition) is 1. The second-order valence-electron chi connectivity index (χ2n) is 5.92. The van der Waals surface area contributed by atoms with E-state index in [1.54, 1.807) is 0 Å². The molecule has 1 heterocycles. The minimum absolute atomic E-state index is 0.562. The summed E-state index contributed by atoms with van der Waals surface area (Å²) < 4.78 is 1.21. The van der Waals surface area contributed by atoms with E-state index >= 15 is 0 Å². The molecule has 0 amide bonds. The van der Waals surface area contributed by atoms with Gasteiger partial charge < -0.3 is 5.32 Å². The molecule has 0 radical (unpaired) electrons. The molecule has 2 aliphatic rings. The summed E-state index contributed by atoms with van der Waals surface area (Å²) in [4.78, 5) is 0. The number of piperidine rings is 1. The number of rotatable bonds is 3. The first-order valence-corrected chi connectivity index (χ1v) is 8.02. The quantitative estimate of drug-likeness (QED) is 0.876. The Balaban J connectivity index is 1.96. The third-order valence-corrected chi connectivity index (χ3v) is 5.60. The van der Waals surface area contributed by atoms with Gasteiger partial charge in [-0.1, -0.05) is 35.0 Å². The highest BCUT2D eigenvalue weighted by atomic mass is 79.9. The summed E-state index contributed by atoms with van der Waals surface area (Å²) in [7, 11) is 0. The number of hydrogen-bond donors (Lipinski definition) is 1. The molecule has 2 fully saturated rings. The summed E-state index contributed by atoms with van der Waals surface area (Å²) in [6.07, 6.45) is 5.60. The van der Waals surface area contributed by atoms with Crippen molar-refractivity contribution in [2.24, 2.45) is 11.3 Å². The van der Waals surface area contributed by atoms with Crippen LogP contribution in [0.3, 0.4) is 0 Å². The summed E-state index contributed by atoms with van der Waals surface area (Å²) in [6.45, 7) is 4.75. The normalized spacial score (nSPS) is 32.4. The Hall–Kier alpha value is -0.340. The topological polar surface area (TPSA) is 12.0 Å². The van der Waals surface area contributed by atoms with Crippen LogP contribution in [0.2, 0.25) is 0 Å². The molecular formula is C16H22BrN. The van der Waals surface area contributed by atoms with Crippen LogP contribution in [0.15, 0.2) is 28.7 Å². The maximum atomic E-state index is 3.62. The molecule has 1 saturated heterocycles. The van der Waals surface area contributed by atoms with Crippen molar-refractivity contribution in [3.8, 4) is 0 Å². The molecule has 1 aliphatic carbocycles. The largest absolute Gasteiger partial charge is 0.316 e. The predicted octanol–water partition coefficient (Wildman–Crippen LogP) is 4.33. The fraction of sp³-hybridized carbons (Fsp3) is 0.625. The zero-order valence-electron chi connectivity index (χ0n) is 11.1. The second kappa shape index (κ2) is 4.97. The molecule has 1 saturated carbocycles. The van der Waals surface area contributed by atoms with Gasteiger partial charge in [-0.2, -0.15) is 0 Å². The Labute approximate surface area is 118 Å². The standard InChI is InChI=1S/C16H22BrN/c1-2-16(13-6-7-13)8-9-18-11-15(16)12-4-3-5-14(17)10-12/h3-5,10,13,15,18H,2,6-9,11H2,1H3. The molecule has 1 N–H and O–H groups in total. The van der Waals surface area contributed by atoms with Gasteiger partial charge in [0.1, 0.15) is 0 Å². The second-order valence-corrected chi connectivity index (χ2v) is 6.84. The lowest BCUT2D eigenvalue weighted by atomic mass is 9.63. The first-order valence-electron chi connectivity index (χ1n) is 7.22. The Morgan fingerprint density at radius 3 is 2.89 bits per heavy atom. The molecule has 3 rings (SSSR count). The van der Waals surface area contributed by atoms with Crippen LogP contribution in [0.1, 0.15) is 44.1 Å². The van der Waals surface area contributed by atoms with Gasteiger partial charge in [0.25, 0.3) is 0 Å². The highest BCUT2D eigenvalue weighted by Gasteiger charge is 2.50. The van der Waals surface area contributed by atoms with Gasteiger partial charge in [-0.05, 0) is 61.3 Å². The number of benzene rings is 1. The zero-order chi connectivity index (χ0) is 12.6. The molecular weight excluding hydrogens is 286 g/mol. The fourth-order valence-electron chi connectivity index (χ4n) is 3.98. The molecule has 0 bridgehead atoms. The summed E-state index contributed by atoms with van der Waals surface area (Å²) in [5.74, 6) is 1.68. The van der Waals surface area contributed by atoms with Crippen LogP contribution in [0.5, 0.6) is 0 Å². The van der Waals surface area contributed by atoms with Crippen molar-refractivity contribution >= 4 is 15.9 Å². The maximum absolute atomic E-state index is 3.62. The van der Waals surface area contributed by atoms with Crippen molar-refractivity contribution in [1.82, 2.24) is 5.32 Å². The number of nitrogens with one attached hydrogen (secondary N) is 1. The van der Waals surface area contributed by atoms with E-state index in [2.05, 4.69) is 52.4 Å². The molecule has 18 heavy (non-hydrogen) atoms. The Bertz CT molecular complexity index is 427. The lowest BCUT2D eigenvalue weighted by molar-refractivity contribution is 0.123. The lowest BCUT2D eigenvalue weighted by Gasteiger charge is -2.45. The van der Waals surface area contributed by atoms with Crippen molar-refractivity contribution in [3.05, 3.63) is 34.3 Å². The molecule has 1 nitrogen and oxygen atoms in total. The van der Waals surface area contributed by atoms with E-state index < -0.39 is 0 Å². The van der Waals surface area contributed by atoms with Crippen LogP contribution in [0.25, 0.3) is 0 Å². The van der Waals surface area contributed by atoms with Crippen LogP contribution in [-0.2, 0) is 0 Å². The van der Waals surface area contributed by atoms with Crippen LogP contribution in [-0.4, -0.2) is 13.1 Å². The van der Waals surface area contributed by atoms with Gasteiger partial charge in [0.05, 0.1) is 0 Å². The third-order valence-electron chi connectivity index (χ3n) is 5.11. The average molecular weight is 308 g/mol. The molecule has 2 unspecified atom stereocenters. The van der Waals surface area contributed by atoms with Gasteiger partial charge in [0, 0.05) is 16.9 Å². The van der Waals surface area contributed by atoms with Crippen molar-refractivity contribution in [2.45, 2.75) is 38.5 Å². The molecule has 98 valence electrons. The van der Waals surface area contributed by atoms with Gasteiger partial charge >= 0.3 is 0 Å². The molecule has 2 heteroatoms. The van der Waals surface area contributed by atoms with Crippen LogP contribution in [0.4, 0.5) is 0 Å². The van der Waals surface area contributed by atoms with Crippen LogP contribution >= 0.6 is 15.9 Å². The molecule has 2 atom stereocenters. The summed E-state index contributed by atoms with van der Waals surface area (Å²) in [5.41, 5.74) is 2.08. The van der Waals surface area contributed by atoms with Crippen molar-refractivity contribution < 1.29 is 0 Å². The van der Waals surface area contributed by atoms with Crippen molar-refractivity contribution in [2.75, 3.05) is 13.1 Å². The smallest absolute Gasteiger partial charge is 0.0178 e. The minimum atomic E-state index is 0.562. The summed E-state index contributed by atoms with van der Waals surface area (Å²) in [6, 6.07) is 8.95. The monoisotopic (exact) mass is 307 g/mol. The van der Waals surface area contributed by atoms with E-state index in [4.69, 9.17) is 0 Å². The van der Waals surface area contributed by atoms with Gasteiger partial charge in [-0.3, -0.25) is 0 Å². The van der Waals surface area contributed by atoms with Gasteiger partial charge in [-0.25, -0.2) is 0 Å². The van der Waals surface area contributed by atoms with Crippen LogP contribution < -0.4 is 5.32 Å². The van der Waals surface area contributed by atoms with E-state index in [9.17, 15) is 0 Å². The first-order chi connectivity index (χ1) is 8.76. The van der Waals surface area contributed by atoms with Gasteiger partial charge in [0.15, 0.2) is 0 Å². The molecule has 1 aromatic rings. The zero-order valence-corrected chi connectivity index (χ0v) is 12.7. The van der Waals surface area contributed by atoms with Gasteiger partial charge in [0.2, 0.25) is 0 Å². The maximum Gasteiger partial charge on any atom is 0.0178 e. The van der Waals surface area contributed by atoms with Crippen LogP contribution in [0, 0.1) is 11.3 Å². The third kappa shape index (κ3) is 2.14. The summed E-state index contributed by atoms with van der Waals surface area (Å²) >= 11 is 3.62. The molecule has 1 aromatic carbocycles. The predicted molar refractivity (Wildman–Crippen MR) is 79.8 cm³/mol. The first kappa shape index (κ1) is 12.7. The fourth-order valence-corrected chi connectivity index (χ4v) is 4.39. The Morgan fingerprint density at radius 2 is 2.22 bits per heavy atom. The highest BCUT2D eigenvalue weighted by Crippen LogP contribution is 2.58. The van der Waals surface area contributed by atoms with E-state index in [1.807, 2.05) is 0 Å². The average Bonchev–Trinajstić information content (AvgIpc) is 3.23. The van der Waals surface area contributed by atoms with Crippen molar-refractivity contribution in [3.63, 3.8) is 0 Å². The molecule has 0 spiro atoms. The number of halogens is 1. The molecule has 1 aliphatic heterocycles. The van der Waals surface area contributed by atoms with Gasteiger partial charge in [-0.15, -0.1) is 0 Å². The highest BCUT2D eigenvalue weighted by molar-refractivity contribution is 9.10. The lowest BCUT2D eigenvalue weighted by Crippen LogP contribution is -2.44. The van der Waals surface area contributed by atoms with E-state index in [0.717, 1.165) is 12.5 Å². The van der Waals surface area contributed by atoms with E-state index in [-0.39, 0.29) is 0 Å². The van der Waals surface area contributed by atoms with E-state index in [1.165, 1.54) is 42.3 Å². The summed E-state index contributed by atoms with van der Waals surface area (Å²) in [5, 5.41) is 3.61. The van der Waals surface area contributed by atoms with Crippen molar-refractivity contribution in [1.29, 1.82) is 0 Å². The Morgan fingerprint density at radius 1 is 1.39 bits per heavy atom. The van der Waals surface area contributed by atoms with E-state index in [0.29, 0.717) is 11.3 Å².